The van der Waals surface area contributed by atoms with Gasteiger partial charge in [0.1, 0.15) is 0 Å². The zero-order valence-electron chi connectivity index (χ0n) is 10.1. The van der Waals surface area contributed by atoms with E-state index in [4.69, 9.17) is 15.6 Å². The molecule has 98 valence electrons. The lowest BCUT2D eigenvalue weighted by atomic mass is 9.82. The number of aliphatic carboxylic acids is 1. The van der Waals surface area contributed by atoms with Crippen molar-refractivity contribution in [2.75, 3.05) is 13.7 Å². The standard InChI is InChI=1S/C11H20N2O4/c1-17-8(9(14)15)7-13-10(16)11(12)5-3-2-4-6-11/h8H,2-7,12H2,1H3,(H,13,16)(H,14,15). The van der Waals surface area contributed by atoms with Crippen molar-refractivity contribution in [3.8, 4) is 0 Å². The quantitative estimate of drug-likeness (QED) is 0.625. The minimum atomic E-state index is -1.09. The van der Waals surface area contributed by atoms with Crippen LogP contribution < -0.4 is 11.1 Å². The monoisotopic (exact) mass is 244 g/mol. The van der Waals surface area contributed by atoms with Gasteiger partial charge in [-0.3, -0.25) is 4.79 Å². The summed E-state index contributed by atoms with van der Waals surface area (Å²) >= 11 is 0. The lowest BCUT2D eigenvalue weighted by molar-refractivity contribution is -0.148. The summed E-state index contributed by atoms with van der Waals surface area (Å²) in [6.45, 7) is -0.0520. The second-order valence-electron chi connectivity index (χ2n) is 4.49. The van der Waals surface area contributed by atoms with Crippen LogP contribution >= 0.6 is 0 Å². The number of rotatable bonds is 5. The number of carboxylic acid groups (broad SMARTS) is 1. The SMILES string of the molecule is COC(CNC(=O)C1(N)CCCCC1)C(=O)O. The number of hydrogen-bond donors (Lipinski definition) is 3. The lowest BCUT2D eigenvalue weighted by Crippen LogP contribution is -2.56. The smallest absolute Gasteiger partial charge is 0.334 e. The fraction of sp³-hybridized carbons (Fsp3) is 0.818. The normalized spacial score (nSPS) is 20.6. The van der Waals surface area contributed by atoms with Crippen molar-refractivity contribution in [3.63, 3.8) is 0 Å². The molecule has 1 saturated carbocycles. The van der Waals surface area contributed by atoms with Crippen LogP contribution in [0.5, 0.6) is 0 Å². The van der Waals surface area contributed by atoms with E-state index in [0.29, 0.717) is 12.8 Å². The van der Waals surface area contributed by atoms with Gasteiger partial charge in [-0.25, -0.2) is 4.79 Å². The Morgan fingerprint density at radius 1 is 1.41 bits per heavy atom. The van der Waals surface area contributed by atoms with Crippen LogP contribution in [0.2, 0.25) is 0 Å². The number of ether oxygens (including phenoxy) is 1. The molecule has 6 nitrogen and oxygen atoms in total. The second-order valence-corrected chi connectivity index (χ2v) is 4.49. The van der Waals surface area contributed by atoms with Crippen LogP contribution in [0.4, 0.5) is 0 Å². The number of carbonyl (C=O) groups excluding carboxylic acids is 1. The maximum Gasteiger partial charge on any atom is 0.334 e. The molecule has 1 unspecified atom stereocenters. The zero-order chi connectivity index (χ0) is 12.9. The van der Waals surface area contributed by atoms with Gasteiger partial charge in [0.25, 0.3) is 0 Å². The van der Waals surface area contributed by atoms with E-state index in [-0.39, 0.29) is 12.5 Å². The van der Waals surface area contributed by atoms with Gasteiger partial charge in [0.15, 0.2) is 6.10 Å². The fourth-order valence-electron chi connectivity index (χ4n) is 2.04. The third-order valence-electron chi connectivity index (χ3n) is 3.21. The Kier molecular flexibility index (Phi) is 4.89. The molecule has 0 aromatic carbocycles. The van der Waals surface area contributed by atoms with Crippen LogP contribution in [0, 0.1) is 0 Å². The van der Waals surface area contributed by atoms with Crippen LogP contribution in [-0.2, 0) is 14.3 Å². The van der Waals surface area contributed by atoms with Crippen molar-refractivity contribution in [1.82, 2.24) is 5.32 Å². The molecule has 6 heteroatoms. The molecule has 1 rings (SSSR count). The number of amides is 1. The fourth-order valence-corrected chi connectivity index (χ4v) is 2.04. The number of hydrogen-bond acceptors (Lipinski definition) is 4. The molecule has 1 aliphatic carbocycles. The molecule has 0 radical (unpaired) electrons. The van der Waals surface area contributed by atoms with Gasteiger partial charge in [0.05, 0.1) is 12.1 Å². The molecule has 4 N–H and O–H groups in total. The summed E-state index contributed by atoms with van der Waals surface area (Å²) in [5.74, 6) is -1.37. The minimum absolute atomic E-state index is 0.0520. The van der Waals surface area contributed by atoms with Crippen molar-refractivity contribution < 1.29 is 19.4 Å². The Balaban J connectivity index is 2.45. The van der Waals surface area contributed by atoms with Crippen LogP contribution in [-0.4, -0.2) is 42.3 Å². The summed E-state index contributed by atoms with van der Waals surface area (Å²) in [7, 11) is 1.30. The first-order valence-corrected chi connectivity index (χ1v) is 5.82. The molecular weight excluding hydrogens is 224 g/mol. The Labute approximate surface area is 101 Å². The molecule has 17 heavy (non-hydrogen) atoms. The molecule has 0 saturated heterocycles. The van der Waals surface area contributed by atoms with E-state index in [1.807, 2.05) is 0 Å². The molecule has 1 atom stereocenters. The van der Waals surface area contributed by atoms with E-state index in [9.17, 15) is 9.59 Å². The van der Waals surface area contributed by atoms with E-state index in [1.165, 1.54) is 7.11 Å². The molecule has 0 aliphatic heterocycles. The van der Waals surface area contributed by atoms with Crippen molar-refractivity contribution in [3.05, 3.63) is 0 Å². The first-order valence-electron chi connectivity index (χ1n) is 5.82. The Hall–Kier alpha value is -1.14. The average molecular weight is 244 g/mol. The molecule has 0 aromatic heterocycles. The van der Waals surface area contributed by atoms with Gasteiger partial charge >= 0.3 is 5.97 Å². The van der Waals surface area contributed by atoms with Gasteiger partial charge in [-0.05, 0) is 12.8 Å². The topological polar surface area (TPSA) is 102 Å². The number of nitrogens with two attached hydrogens (primary N) is 1. The number of nitrogens with one attached hydrogen (secondary N) is 1. The predicted octanol–water partition coefficient (Wildman–Crippen LogP) is -0.136. The van der Waals surface area contributed by atoms with Gasteiger partial charge in [-0.1, -0.05) is 19.3 Å². The van der Waals surface area contributed by atoms with Gasteiger partial charge in [0, 0.05) is 7.11 Å². The largest absolute Gasteiger partial charge is 0.479 e. The minimum Gasteiger partial charge on any atom is -0.479 e. The van der Waals surface area contributed by atoms with Crippen LogP contribution in [0.3, 0.4) is 0 Å². The zero-order valence-corrected chi connectivity index (χ0v) is 10.1. The summed E-state index contributed by atoms with van der Waals surface area (Å²) in [5, 5.41) is 11.3. The third-order valence-corrected chi connectivity index (χ3v) is 3.21. The summed E-state index contributed by atoms with van der Waals surface area (Å²) < 4.78 is 4.73. The highest BCUT2D eigenvalue weighted by Gasteiger charge is 2.35. The van der Waals surface area contributed by atoms with Crippen molar-refractivity contribution >= 4 is 11.9 Å². The summed E-state index contributed by atoms with van der Waals surface area (Å²) in [5.41, 5.74) is 5.17. The predicted molar refractivity (Wildman–Crippen MR) is 61.4 cm³/mol. The maximum atomic E-state index is 11.9. The van der Waals surface area contributed by atoms with Crippen molar-refractivity contribution in [2.24, 2.45) is 5.73 Å². The van der Waals surface area contributed by atoms with Gasteiger partial charge in [-0.15, -0.1) is 0 Å². The molecule has 0 spiro atoms. The van der Waals surface area contributed by atoms with Gasteiger partial charge in [0.2, 0.25) is 5.91 Å². The van der Waals surface area contributed by atoms with Gasteiger partial charge in [-0.2, -0.15) is 0 Å². The van der Waals surface area contributed by atoms with Crippen LogP contribution in [0.25, 0.3) is 0 Å². The first-order chi connectivity index (χ1) is 7.99. The highest BCUT2D eigenvalue weighted by molar-refractivity contribution is 5.86. The molecule has 0 bridgehead atoms. The van der Waals surface area contributed by atoms with Gasteiger partial charge < -0.3 is 20.9 Å². The van der Waals surface area contributed by atoms with E-state index in [1.54, 1.807) is 0 Å². The second kappa shape index (κ2) is 5.97. The van der Waals surface area contributed by atoms with Crippen LogP contribution in [0.15, 0.2) is 0 Å². The molecular formula is C11H20N2O4. The third kappa shape index (κ3) is 3.67. The van der Waals surface area contributed by atoms with Crippen LogP contribution in [0.1, 0.15) is 32.1 Å². The Morgan fingerprint density at radius 2 is 2.00 bits per heavy atom. The first kappa shape index (κ1) is 13.9. The van der Waals surface area contributed by atoms with E-state index >= 15 is 0 Å². The van der Waals surface area contributed by atoms with Crippen molar-refractivity contribution in [1.29, 1.82) is 0 Å². The number of methoxy groups -OCH3 is 1. The van der Waals surface area contributed by atoms with Crippen molar-refractivity contribution in [2.45, 2.75) is 43.7 Å². The number of carboxylic acids is 1. The molecule has 1 fully saturated rings. The average Bonchev–Trinajstić information content (AvgIpc) is 2.30. The maximum absolute atomic E-state index is 11.9. The molecule has 0 aromatic rings. The number of carbonyl (C=O) groups is 2. The Bertz CT molecular complexity index is 287. The lowest BCUT2D eigenvalue weighted by Gasteiger charge is -2.32. The molecule has 1 aliphatic rings. The highest BCUT2D eigenvalue weighted by Crippen LogP contribution is 2.25. The summed E-state index contributed by atoms with van der Waals surface area (Å²) in [6, 6.07) is 0. The van der Waals surface area contributed by atoms with E-state index in [2.05, 4.69) is 5.32 Å². The molecule has 0 heterocycles. The Morgan fingerprint density at radius 3 is 2.47 bits per heavy atom. The summed E-state index contributed by atoms with van der Waals surface area (Å²) in [4.78, 5) is 22.6. The summed E-state index contributed by atoms with van der Waals surface area (Å²) in [6.07, 6.45) is 3.27. The van der Waals surface area contributed by atoms with E-state index < -0.39 is 17.6 Å². The van der Waals surface area contributed by atoms with E-state index in [0.717, 1.165) is 19.3 Å². The molecule has 1 amide bonds. The highest BCUT2D eigenvalue weighted by atomic mass is 16.5.